The molecule has 3 aromatic rings. The summed E-state index contributed by atoms with van der Waals surface area (Å²) in [6.07, 6.45) is 2.51. The summed E-state index contributed by atoms with van der Waals surface area (Å²) in [5.74, 6) is 1.48. The highest BCUT2D eigenvalue weighted by molar-refractivity contribution is 7.10. The number of nitrogens with one attached hydrogen (secondary N) is 3. The SMILES string of the molecule is CCNC(=NCc1cc2ccccc2[nH]1)NCC1CCCN(C)C1c1cccs1. The second kappa shape index (κ2) is 9.46. The van der Waals surface area contributed by atoms with Gasteiger partial charge in [-0.05, 0) is 68.2 Å². The Morgan fingerprint density at radius 3 is 2.93 bits per heavy atom. The van der Waals surface area contributed by atoms with Crippen LogP contribution in [0.25, 0.3) is 10.9 Å². The lowest BCUT2D eigenvalue weighted by Crippen LogP contribution is -2.44. The molecule has 1 aliphatic rings. The number of benzene rings is 1. The van der Waals surface area contributed by atoms with Crippen molar-refractivity contribution < 1.29 is 0 Å². The van der Waals surface area contributed by atoms with Crippen LogP contribution in [0.2, 0.25) is 0 Å². The molecule has 2 unspecified atom stereocenters. The number of nitrogens with zero attached hydrogens (tertiary/aromatic N) is 2. The van der Waals surface area contributed by atoms with Gasteiger partial charge in [0.15, 0.2) is 5.96 Å². The molecule has 6 heteroatoms. The molecular formula is C23H31N5S. The van der Waals surface area contributed by atoms with Gasteiger partial charge in [0.2, 0.25) is 0 Å². The van der Waals surface area contributed by atoms with Gasteiger partial charge < -0.3 is 15.6 Å². The Morgan fingerprint density at radius 2 is 2.14 bits per heavy atom. The van der Waals surface area contributed by atoms with E-state index in [4.69, 9.17) is 4.99 Å². The van der Waals surface area contributed by atoms with Gasteiger partial charge in [0.1, 0.15) is 0 Å². The summed E-state index contributed by atoms with van der Waals surface area (Å²) in [4.78, 5) is 12.3. The first kappa shape index (κ1) is 20.0. The third kappa shape index (κ3) is 4.82. The van der Waals surface area contributed by atoms with Gasteiger partial charge >= 0.3 is 0 Å². The van der Waals surface area contributed by atoms with E-state index in [2.05, 4.69) is 82.3 Å². The van der Waals surface area contributed by atoms with Crippen LogP contribution in [0.15, 0.2) is 52.8 Å². The van der Waals surface area contributed by atoms with Crippen molar-refractivity contribution >= 4 is 28.2 Å². The van der Waals surface area contributed by atoms with E-state index in [1.165, 1.54) is 35.2 Å². The molecule has 3 N–H and O–H groups in total. The number of hydrogen-bond donors (Lipinski definition) is 3. The average Bonchev–Trinajstić information content (AvgIpc) is 3.39. The Morgan fingerprint density at radius 1 is 1.24 bits per heavy atom. The van der Waals surface area contributed by atoms with Gasteiger partial charge in [0, 0.05) is 35.2 Å². The van der Waals surface area contributed by atoms with Crippen molar-refractivity contribution in [1.82, 2.24) is 20.5 Å². The molecule has 0 bridgehead atoms. The van der Waals surface area contributed by atoms with Crippen LogP contribution in [0.3, 0.4) is 0 Å². The number of aromatic nitrogens is 1. The van der Waals surface area contributed by atoms with E-state index in [0.717, 1.165) is 24.7 Å². The van der Waals surface area contributed by atoms with E-state index in [-0.39, 0.29) is 0 Å². The third-order valence-electron chi connectivity index (χ3n) is 5.71. The predicted molar refractivity (Wildman–Crippen MR) is 124 cm³/mol. The lowest BCUT2D eigenvalue weighted by atomic mass is 9.88. The molecule has 0 radical (unpaired) electrons. The summed E-state index contributed by atoms with van der Waals surface area (Å²) in [5, 5.41) is 10.4. The van der Waals surface area contributed by atoms with Crippen molar-refractivity contribution in [2.24, 2.45) is 10.9 Å². The number of H-pyrrole nitrogens is 1. The van der Waals surface area contributed by atoms with E-state index < -0.39 is 0 Å². The first-order valence-corrected chi connectivity index (χ1v) is 11.4. The van der Waals surface area contributed by atoms with Gasteiger partial charge in [-0.3, -0.25) is 4.90 Å². The van der Waals surface area contributed by atoms with Crippen molar-refractivity contribution in [3.63, 3.8) is 0 Å². The Balaban J connectivity index is 1.42. The zero-order valence-electron chi connectivity index (χ0n) is 17.3. The van der Waals surface area contributed by atoms with Crippen LogP contribution in [-0.4, -0.2) is 42.5 Å². The van der Waals surface area contributed by atoms with E-state index in [9.17, 15) is 0 Å². The summed E-state index contributed by atoms with van der Waals surface area (Å²) in [6, 6.07) is 15.5. The van der Waals surface area contributed by atoms with Gasteiger partial charge in [-0.1, -0.05) is 24.3 Å². The number of guanidine groups is 1. The molecule has 1 saturated heterocycles. The molecule has 0 saturated carbocycles. The summed E-state index contributed by atoms with van der Waals surface area (Å²) in [7, 11) is 2.26. The number of fused-ring (bicyclic) bond motifs is 1. The van der Waals surface area contributed by atoms with E-state index in [1.807, 2.05) is 11.3 Å². The lowest BCUT2D eigenvalue weighted by molar-refractivity contribution is 0.125. The van der Waals surface area contributed by atoms with E-state index >= 15 is 0 Å². The smallest absolute Gasteiger partial charge is 0.191 e. The molecule has 4 rings (SSSR count). The maximum Gasteiger partial charge on any atom is 0.191 e. The molecule has 2 atom stereocenters. The molecular weight excluding hydrogens is 378 g/mol. The first-order valence-electron chi connectivity index (χ1n) is 10.6. The normalized spacial score (nSPS) is 20.8. The largest absolute Gasteiger partial charge is 0.357 e. The minimum atomic E-state index is 0.493. The van der Waals surface area contributed by atoms with E-state index in [0.29, 0.717) is 18.5 Å². The number of aromatic amines is 1. The number of para-hydroxylation sites is 1. The number of piperidine rings is 1. The predicted octanol–water partition coefficient (Wildman–Crippen LogP) is 4.37. The standard InChI is InChI=1S/C23H31N5S/c1-3-24-23(26-16-19-14-17-8-4-5-10-20(17)27-19)25-15-18-9-6-12-28(2)22(18)21-11-7-13-29-21/h4-5,7-8,10-11,13-14,18,22,27H,3,6,9,12,15-16H2,1-2H3,(H2,24,25,26). The van der Waals surface area contributed by atoms with Crippen molar-refractivity contribution in [1.29, 1.82) is 0 Å². The highest BCUT2D eigenvalue weighted by Crippen LogP contribution is 2.36. The maximum absolute atomic E-state index is 4.82. The van der Waals surface area contributed by atoms with E-state index in [1.54, 1.807) is 0 Å². The highest BCUT2D eigenvalue weighted by atomic mass is 32.1. The fourth-order valence-electron chi connectivity index (χ4n) is 4.33. The number of likely N-dealkylation sites (tertiary alicyclic amines) is 1. The van der Waals surface area contributed by atoms with Crippen LogP contribution in [0.5, 0.6) is 0 Å². The molecule has 1 aliphatic heterocycles. The van der Waals surface area contributed by atoms with Gasteiger partial charge in [-0.2, -0.15) is 0 Å². The van der Waals surface area contributed by atoms with Gasteiger partial charge in [0.05, 0.1) is 6.54 Å². The molecule has 5 nitrogen and oxygen atoms in total. The van der Waals surface area contributed by atoms with Crippen molar-refractivity contribution in [3.8, 4) is 0 Å². The topological polar surface area (TPSA) is 55.5 Å². The molecule has 0 spiro atoms. The number of rotatable bonds is 6. The highest BCUT2D eigenvalue weighted by Gasteiger charge is 2.31. The minimum Gasteiger partial charge on any atom is -0.357 e. The fraction of sp³-hybridized carbons (Fsp3) is 0.435. The number of aliphatic imine (C=N–C) groups is 1. The summed E-state index contributed by atoms with van der Waals surface area (Å²) in [6.45, 7) is 5.72. The molecule has 1 aromatic carbocycles. The maximum atomic E-state index is 4.82. The molecule has 154 valence electrons. The molecule has 0 aliphatic carbocycles. The van der Waals surface area contributed by atoms with Crippen molar-refractivity contribution in [2.75, 3.05) is 26.7 Å². The Labute approximate surface area is 177 Å². The van der Waals surface area contributed by atoms with Crippen LogP contribution in [0.4, 0.5) is 0 Å². The number of thiophene rings is 1. The summed E-state index contributed by atoms with van der Waals surface area (Å²) in [5.41, 5.74) is 2.30. The average molecular weight is 410 g/mol. The zero-order chi connectivity index (χ0) is 20.1. The quantitative estimate of drug-likeness (QED) is 0.419. The van der Waals surface area contributed by atoms with Crippen LogP contribution in [0.1, 0.15) is 36.4 Å². The first-order chi connectivity index (χ1) is 14.2. The Hall–Kier alpha value is -2.31. The van der Waals surface area contributed by atoms with Crippen LogP contribution in [-0.2, 0) is 6.54 Å². The second-order valence-corrected chi connectivity index (χ2v) is 8.78. The van der Waals surface area contributed by atoms with Crippen LogP contribution in [0, 0.1) is 5.92 Å². The number of hydrogen-bond acceptors (Lipinski definition) is 3. The molecule has 2 aromatic heterocycles. The van der Waals surface area contributed by atoms with Crippen molar-refractivity contribution in [3.05, 3.63) is 58.4 Å². The minimum absolute atomic E-state index is 0.493. The zero-order valence-corrected chi connectivity index (χ0v) is 18.1. The monoisotopic (exact) mass is 409 g/mol. The molecule has 0 amide bonds. The summed E-state index contributed by atoms with van der Waals surface area (Å²) >= 11 is 1.87. The van der Waals surface area contributed by atoms with Crippen molar-refractivity contribution in [2.45, 2.75) is 32.4 Å². The lowest BCUT2D eigenvalue weighted by Gasteiger charge is -2.39. The fourth-order valence-corrected chi connectivity index (χ4v) is 5.32. The Kier molecular flexibility index (Phi) is 6.52. The van der Waals surface area contributed by atoms with Crippen LogP contribution < -0.4 is 10.6 Å². The van der Waals surface area contributed by atoms with Gasteiger partial charge in [0.25, 0.3) is 0 Å². The molecule has 1 fully saturated rings. The Bertz CT molecular complexity index is 897. The van der Waals surface area contributed by atoms with Gasteiger partial charge in [-0.25, -0.2) is 4.99 Å². The summed E-state index contributed by atoms with van der Waals surface area (Å²) < 4.78 is 0. The molecule has 29 heavy (non-hydrogen) atoms. The third-order valence-corrected chi connectivity index (χ3v) is 6.65. The van der Waals surface area contributed by atoms with Crippen LogP contribution >= 0.6 is 11.3 Å². The molecule has 3 heterocycles. The second-order valence-electron chi connectivity index (χ2n) is 7.80. The van der Waals surface area contributed by atoms with Gasteiger partial charge in [-0.15, -0.1) is 11.3 Å².